The van der Waals surface area contributed by atoms with E-state index in [-0.39, 0.29) is 24.4 Å². The fourth-order valence-electron chi connectivity index (χ4n) is 2.61. The summed E-state index contributed by atoms with van der Waals surface area (Å²) in [5.74, 6) is -0.807. The van der Waals surface area contributed by atoms with Crippen molar-refractivity contribution in [2.75, 3.05) is 7.11 Å². The van der Waals surface area contributed by atoms with Crippen LogP contribution in [0.15, 0.2) is 24.3 Å². The number of carbonyl (C=O) groups excluding carboxylic acids is 3. The molecule has 1 aromatic carbocycles. The lowest BCUT2D eigenvalue weighted by molar-refractivity contribution is -0.149. The predicted molar refractivity (Wildman–Crippen MR) is 68.8 cm³/mol. The van der Waals surface area contributed by atoms with Gasteiger partial charge in [0.25, 0.3) is 0 Å². The first-order chi connectivity index (χ1) is 9.01. The second-order valence-corrected chi connectivity index (χ2v) is 4.94. The Morgan fingerprint density at radius 1 is 1.32 bits per heavy atom. The molecule has 0 heterocycles. The van der Waals surface area contributed by atoms with Crippen molar-refractivity contribution >= 4 is 17.5 Å². The molecule has 1 atom stereocenters. The number of hydrogen-bond donors (Lipinski definition) is 0. The minimum atomic E-state index is -1.22. The highest BCUT2D eigenvalue weighted by Crippen LogP contribution is 2.41. The highest BCUT2D eigenvalue weighted by atomic mass is 16.5. The Bertz CT molecular complexity index is 547. The summed E-state index contributed by atoms with van der Waals surface area (Å²) >= 11 is 0. The van der Waals surface area contributed by atoms with E-state index in [0.717, 1.165) is 5.56 Å². The molecule has 4 heteroatoms. The van der Waals surface area contributed by atoms with Gasteiger partial charge in [-0.05, 0) is 25.3 Å². The van der Waals surface area contributed by atoms with Crippen LogP contribution in [0.5, 0.6) is 0 Å². The monoisotopic (exact) mass is 260 g/mol. The Hall–Kier alpha value is -1.97. The summed E-state index contributed by atoms with van der Waals surface area (Å²) in [6.45, 7) is 1.46. The van der Waals surface area contributed by atoms with Crippen molar-refractivity contribution in [1.29, 1.82) is 0 Å². The van der Waals surface area contributed by atoms with Gasteiger partial charge in [-0.25, -0.2) is 0 Å². The molecule has 0 saturated heterocycles. The van der Waals surface area contributed by atoms with E-state index in [4.69, 9.17) is 4.74 Å². The number of carbonyl (C=O) groups is 3. The summed E-state index contributed by atoms with van der Waals surface area (Å²) in [5.41, 5.74) is 0.197. The second-order valence-electron chi connectivity index (χ2n) is 4.94. The van der Waals surface area contributed by atoms with Gasteiger partial charge in [-0.2, -0.15) is 0 Å². The van der Waals surface area contributed by atoms with Gasteiger partial charge in [-0.3, -0.25) is 9.59 Å². The molecule has 4 nitrogen and oxygen atoms in total. The van der Waals surface area contributed by atoms with Crippen LogP contribution in [-0.4, -0.2) is 24.6 Å². The van der Waals surface area contributed by atoms with E-state index >= 15 is 0 Å². The summed E-state index contributed by atoms with van der Waals surface area (Å²) in [7, 11) is 1.27. The quantitative estimate of drug-likeness (QED) is 0.613. The fourth-order valence-corrected chi connectivity index (χ4v) is 2.61. The molecule has 1 aliphatic carbocycles. The number of hydrogen-bond acceptors (Lipinski definition) is 4. The molecule has 0 radical (unpaired) electrons. The van der Waals surface area contributed by atoms with Crippen LogP contribution in [0.3, 0.4) is 0 Å². The van der Waals surface area contributed by atoms with Crippen molar-refractivity contribution in [3.8, 4) is 0 Å². The normalized spacial score (nSPS) is 21.1. The van der Waals surface area contributed by atoms with Crippen LogP contribution >= 0.6 is 0 Å². The molecule has 0 saturated carbocycles. The van der Waals surface area contributed by atoms with Gasteiger partial charge in [0.15, 0.2) is 5.78 Å². The van der Waals surface area contributed by atoms with Crippen LogP contribution in [0.4, 0.5) is 0 Å². The van der Waals surface area contributed by atoms with Gasteiger partial charge in [0.2, 0.25) is 0 Å². The van der Waals surface area contributed by atoms with E-state index in [9.17, 15) is 14.4 Å². The number of rotatable bonds is 4. The largest absolute Gasteiger partial charge is 0.468 e. The number of methoxy groups -OCH3 is 1. The van der Waals surface area contributed by atoms with Gasteiger partial charge < -0.3 is 9.53 Å². The Balaban J connectivity index is 2.39. The first kappa shape index (κ1) is 13.5. The summed E-state index contributed by atoms with van der Waals surface area (Å²) < 4.78 is 4.80. The molecular weight excluding hydrogens is 244 g/mol. The van der Waals surface area contributed by atoms with Gasteiger partial charge >= 0.3 is 5.97 Å². The van der Waals surface area contributed by atoms with Crippen LogP contribution in [-0.2, 0) is 20.7 Å². The first-order valence-electron chi connectivity index (χ1n) is 6.22. The molecule has 0 N–H and O–H groups in total. The number of Topliss-reactive ketones (excluding diaryl/α,β-unsaturated/α-hetero) is 2. The number of esters is 1. The highest BCUT2D eigenvalue weighted by Gasteiger charge is 2.51. The number of ether oxygens (including phenoxy) is 1. The van der Waals surface area contributed by atoms with E-state index in [0.29, 0.717) is 12.0 Å². The Morgan fingerprint density at radius 3 is 2.58 bits per heavy atom. The minimum Gasteiger partial charge on any atom is -0.468 e. The number of fused-ring (bicyclic) bond motifs is 1. The SMILES string of the molecule is COC(=O)[C@@]1(CCC(C)=O)Cc2ccccc2C1=O. The molecule has 1 aliphatic rings. The molecule has 100 valence electrons. The molecule has 0 aromatic heterocycles. The number of benzene rings is 1. The zero-order valence-corrected chi connectivity index (χ0v) is 11.1. The Labute approximate surface area is 111 Å². The van der Waals surface area contributed by atoms with Crippen molar-refractivity contribution in [1.82, 2.24) is 0 Å². The standard InChI is InChI=1S/C15H16O4/c1-10(16)7-8-15(14(18)19-2)9-11-5-3-4-6-12(11)13(15)17/h3-6H,7-9H2,1-2H3/t15-/m0/s1. The van der Waals surface area contributed by atoms with E-state index in [1.807, 2.05) is 12.1 Å². The molecule has 0 bridgehead atoms. The maximum Gasteiger partial charge on any atom is 0.320 e. The fraction of sp³-hybridized carbons (Fsp3) is 0.400. The average Bonchev–Trinajstić information content (AvgIpc) is 2.70. The average molecular weight is 260 g/mol. The molecule has 0 unspecified atom stereocenters. The molecule has 0 spiro atoms. The van der Waals surface area contributed by atoms with Crippen LogP contribution in [0.2, 0.25) is 0 Å². The summed E-state index contributed by atoms with van der Waals surface area (Å²) in [6, 6.07) is 7.17. The van der Waals surface area contributed by atoms with E-state index in [1.165, 1.54) is 14.0 Å². The van der Waals surface area contributed by atoms with Crippen molar-refractivity contribution < 1.29 is 19.1 Å². The third-order valence-corrected chi connectivity index (χ3v) is 3.67. The lowest BCUT2D eigenvalue weighted by Gasteiger charge is -2.23. The molecule has 1 aromatic rings. The third-order valence-electron chi connectivity index (χ3n) is 3.67. The Kier molecular flexibility index (Phi) is 3.51. The smallest absolute Gasteiger partial charge is 0.320 e. The van der Waals surface area contributed by atoms with Gasteiger partial charge in [-0.15, -0.1) is 0 Å². The van der Waals surface area contributed by atoms with Crippen molar-refractivity contribution in [2.45, 2.75) is 26.2 Å². The lowest BCUT2D eigenvalue weighted by atomic mass is 9.79. The number of ketones is 2. The van der Waals surface area contributed by atoms with Crippen LogP contribution < -0.4 is 0 Å². The van der Waals surface area contributed by atoms with E-state index in [2.05, 4.69) is 0 Å². The van der Waals surface area contributed by atoms with Gasteiger partial charge in [0.1, 0.15) is 11.2 Å². The van der Waals surface area contributed by atoms with Crippen molar-refractivity contribution in [3.05, 3.63) is 35.4 Å². The first-order valence-corrected chi connectivity index (χ1v) is 6.22. The molecule has 0 fully saturated rings. The van der Waals surface area contributed by atoms with Crippen molar-refractivity contribution in [3.63, 3.8) is 0 Å². The summed E-state index contributed by atoms with van der Waals surface area (Å²) in [6.07, 6.45) is 0.735. The van der Waals surface area contributed by atoms with E-state index < -0.39 is 11.4 Å². The van der Waals surface area contributed by atoms with Gasteiger partial charge in [0, 0.05) is 12.0 Å². The topological polar surface area (TPSA) is 60.4 Å². The summed E-state index contributed by atoms with van der Waals surface area (Å²) in [5, 5.41) is 0. The zero-order chi connectivity index (χ0) is 14.0. The zero-order valence-electron chi connectivity index (χ0n) is 11.1. The lowest BCUT2D eigenvalue weighted by Crippen LogP contribution is -2.38. The van der Waals surface area contributed by atoms with Crippen LogP contribution in [0, 0.1) is 5.41 Å². The predicted octanol–water partition coefficient (Wildman–Crippen LogP) is 1.95. The minimum absolute atomic E-state index is 0.0352. The van der Waals surface area contributed by atoms with Crippen LogP contribution in [0.25, 0.3) is 0 Å². The van der Waals surface area contributed by atoms with Crippen LogP contribution in [0.1, 0.15) is 35.7 Å². The molecular formula is C15H16O4. The van der Waals surface area contributed by atoms with E-state index in [1.54, 1.807) is 12.1 Å². The third kappa shape index (κ3) is 2.18. The molecule has 2 rings (SSSR count). The maximum absolute atomic E-state index is 12.5. The maximum atomic E-state index is 12.5. The summed E-state index contributed by atoms with van der Waals surface area (Å²) in [4.78, 5) is 35.8. The second kappa shape index (κ2) is 4.96. The van der Waals surface area contributed by atoms with Crippen molar-refractivity contribution in [2.24, 2.45) is 5.41 Å². The highest BCUT2D eigenvalue weighted by molar-refractivity contribution is 6.16. The van der Waals surface area contributed by atoms with Gasteiger partial charge in [-0.1, -0.05) is 24.3 Å². The molecule has 0 amide bonds. The Morgan fingerprint density at radius 2 is 2.00 bits per heavy atom. The molecule has 0 aliphatic heterocycles. The molecule has 19 heavy (non-hydrogen) atoms. The van der Waals surface area contributed by atoms with Gasteiger partial charge in [0.05, 0.1) is 7.11 Å².